The molecule has 19 heteroatoms. The van der Waals surface area contributed by atoms with Crippen LogP contribution in [0.4, 0.5) is 0 Å². The van der Waals surface area contributed by atoms with Crippen LogP contribution in [0.25, 0.3) is 0 Å². The van der Waals surface area contributed by atoms with Crippen molar-refractivity contribution in [2.45, 2.75) is 401 Å². The molecule has 0 spiro atoms. The molecule has 0 bridgehead atoms. The van der Waals surface area contributed by atoms with Gasteiger partial charge in [0.2, 0.25) is 0 Å². The molecule has 0 aromatic heterocycles. The van der Waals surface area contributed by atoms with Crippen molar-refractivity contribution in [1.29, 1.82) is 0 Å². The van der Waals surface area contributed by atoms with Gasteiger partial charge < -0.3 is 33.8 Å². The zero-order valence-corrected chi connectivity index (χ0v) is 63.2. The second-order valence-electron chi connectivity index (χ2n) is 28.0. The maximum absolute atomic E-state index is 13.1. The van der Waals surface area contributed by atoms with Crippen LogP contribution in [0.2, 0.25) is 0 Å². The summed E-state index contributed by atoms with van der Waals surface area (Å²) < 4.78 is 68.4. The second kappa shape index (κ2) is 65.7. The minimum Gasteiger partial charge on any atom is -0.462 e. The quantitative estimate of drug-likeness (QED) is 0.0222. The Morgan fingerprint density at radius 1 is 0.309 bits per heavy atom. The van der Waals surface area contributed by atoms with Crippen molar-refractivity contribution in [3.05, 3.63) is 0 Å². The molecule has 0 radical (unpaired) electrons. The molecule has 0 fully saturated rings. The molecule has 0 saturated heterocycles. The minimum atomic E-state index is -4.96. The zero-order valence-electron chi connectivity index (χ0n) is 61.4. The highest BCUT2D eigenvalue weighted by molar-refractivity contribution is 7.47. The number of phosphoric ester groups is 2. The zero-order chi connectivity index (χ0) is 69.4. The fraction of sp³-hybridized carbons (Fsp3) is 0.947. The number of carbonyl (C=O) groups is 4. The van der Waals surface area contributed by atoms with E-state index < -0.39 is 97.5 Å². The van der Waals surface area contributed by atoms with E-state index in [4.69, 9.17) is 37.0 Å². The molecule has 0 aliphatic rings. The van der Waals surface area contributed by atoms with Crippen molar-refractivity contribution in [2.75, 3.05) is 39.6 Å². The highest BCUT2D eigenvalue weighted by Crippen LogP contribution is 2.45. The fourth-order valence-electron chi connectivity index (χ4n) is 11.4. The Balaban J connectivity index is 5.17. The molecule has 0 aliphatic heterocycles. The van der Waals surface area contributed by atoms with Crippen LogP contribution in [0, 0.1) is 17.8 Å². The van der Waals surface area contributed by atoms with Crippen molar-refractivity contribution in [2.24, 2.45) is 17.8 Å². The van der Waals surface area contributed by atoms with Crippen molar-refractivity contribution in [3.8, 4) is 0 Å². The maximum Gasteiger partial charge on any atom is 0.472 e. The predicted octanol–water partition coefficient (Wildman–Crippen LogP) is 21.8. The van der Waals surface area contributed by atoms with E-state index in [9.17, 15) is 43.2 Å². The Kier molecular flexibility index (Phi) is 64.3. The number of aliphatic hydroxyl groups is 1. The number of phosphoric acid groups is 2. The van der Waals surface area contributed by atoms with E-state index in [0.717, 1.165) is 108 Å². The first-order chi connectivity index (χ1) is 45.3. The van der Waals surface area contributed by atoms with Gasteiger partial charge in [-0.2, -0.15) is 0 Å². The Labute approximate surface area is 575 Å². The van der Waals surface area contributed by atoms with Crippen LogP contribution in [0.3, 0.4) is 0 Å². The third-order valence-corrected chi connectivity index (χ3v) is 20.0. The number of rotatable bonds is 73. The van der Waals surface area contributed by atoms with Gasteiger partial charge in [-0.25, -0.2) is 9.13 Å². The van der Waals surface area contributed by atoms with Crippen LogP contribution in [0.5, 0.6) is 0 Å². The molecule has 4 unspecified atom stereocenters. The number of unbranched alkanes of at least 4 members (excludes halogenated alkanes) is 39. The van der Waals surface area contributed by atoms with Crippen LogP contribution in [-0.2, 0) is 65.4 Å². The first kappa shape index (κ1) is 92.1. The minimum absolute atomic E-state index is 0.103. The molecule has 0 aliphatic carbocycles. The SMILES string of the molecule is CCCCCCCCCCCC(=O)OC[C@H](COP(=O)(O)OC[C@H](O)COP(=O)(O)OC[C@@H](COC(=O)CCCCCCCCCCCCC(C)C)OC(=O)CCCCCCCCCCCCCCCCCCCCC(C)CC)OC(=O)CCCCCCCCC(C)CC. The molecular weight excluding hydrogens is 1230 g/mol. The molecule has 7 atom stereocenters. The summed E-state index contributed by atoms with van der Waals surface area (Å²) in [4.78, 5) is 72.6. The standard InChI is InChI=1S/C75H146O17P2/c1-8-11-12-13-14-27-34-42-49-56-72(77)85-63-71(92-75(80)59-52-45-38-37-41-48-55-68(7)10-3)65-90-94(83,84)88-61-69(76)60-87-93(81,82)89-64-70(62-86-73(78)57-50-43-35-30-26-25-28-32-39-46-53-66(4)5)91-74(79)58-51-44-36-31-24-22-20-18-16-15-17-19-21-23-29-33-40-47-54-67(6)9-2/h66-71,76H,8-65H2,1-7H3,(H,81,82)(H,83,84)/t67?,68?,69-,70-,71-/m1/s1. The average molecular weight is 1380 g/mol. The van der Waals surface area contributed by atoms with Crippen molar-refractivity contribution in [1.82, 2.24) is 0 Å². The molecule has 17 nitrogen and oxygen atoms in total. The molecule has 0 aromatic carbocycles. The highest BCUT2D eigenvalue weighted by Gasteiger charge is 2.30. The molecule has 0 rings (SSSR count). The van der Waals surface area contributed by atoms with Gasteiger partial charge in [-0.3, -0.25) is 37.3 Å². The van der Waals surface area contributed by atoms with Crippen molar-refractivity contribution < 1.29 is 80.2 Å². The Bertz CT molecular complexity index is 1840. The largest absolute Gasteiger partial charge is 0.472 e. The number of aliphatic hydroxyl groups excluding tert-OH is 1. The van der Waals surface area contributed by atoms with Gasteiger partial charge in [0, 0.05) is 25.7 Å². The molecule has 0 aromatic rings. The molecule has 0 saturated carbocycles. The lowest BCUT2D eigenvalue weighted by Gasteiger charge is -2.21. The molecule has 558 valence electrons. The summed E-state index contributed by atoms with van der Waals surface area (Å²) in [6, 6.07) is 0. The van der Waals surface area contributed by atoms with Crippen molar-refractivity contribution in [3.63, 3.8) is 0 Å². The van der Waals surface area contributed by atoms with Crippen LogP contribution < -0.4 is 0 Å². The van der Waals surface area contributed by atoms with Gasteiger partial charge in [-0.15, -0.1) is 0 Å². The predicted molar refractivity (Wildman–Crippen MR) is 381 cm³/mol. The molecule has 94 heavy (non-hydrogen) atoms. The lowest BCUT2D eigenvalue weighted by molar-refractivity contribution is -0.161. The summed E-state index contributed by atoms with van der Waals surface area (Å²) in [7, 11) is -9.91. The van der Waals surface area contributed by atoms with Gasteiger partial charge in [-0.1, -0.05) is 331 Å². The lowest BCUT2D eigenvalue weighted by Crippen LogP contribution is -2.30. The normalized spacial score (nSPS) is 14.7. The summed E-state index contributed by atoms with van der Waals surface area (Å²) >= 11 is 0. The summed E-state index contributed by atoms with van der Waals surface area (Å²) in [6.45, 7) is 11.9. The molecule has 0 heterocycles. The lowest BCUT2D eigenvalue weighted by atomic mass is 9.99. The molecule has 3 N–H and O–H groups in total. The number of hydrogen-bond acceptors (Lipinski definition) is 15. The van der Waals surface area contributed by atoms with E-state index in [1.165, 1.54) is 193 Å². The Morgan fingerprint density at radius 2 is 0.543 bits per heavy atom. The van der Waals surface area contributed by atoms with E-state index in [1.807, 2.05) is 0 Å². The third kappa shape index (κ3) is 66.0. The van der Waals surface area contributed by atoms with Gasteiger partial charge >= 0.3 is 39.5 Å². The van der Waals surface area contributed by atoms with Crippen LogP contribution in [-0.4, -0.2) is 96.7 Å². The number of carbonyl (C=O) groups excluding carboxylic acids is 4. The topological polar surface area (TPSA) is 237 Å². The van der Waals surface area contributed by atoms with Crippen LogP contribution in [0.1, 0.15) is 382 Å². The first-order valence-corrected chi connectivity index (χ1v) is 41.9. The summed E-state index contributed by atoms with van der Waals surface area (Å²) in [5.41, 5.74) is 0. The molecular formula is C75H146O17P2. The van der Waals surface area contributed by atoms with Gasteiger partial charge in [0.05, 0.1) is 26.4 Å². The van der Waals surface area contributed by atoms with Gasteiger partial charge in [-0.05, 0) is 43.4 Å². The number of ether oxygens (including phenoxy) is 4. The second-order valence-corrected chi connectivity index (χ2v) is 30.9. The van der Waals surface area contributed by atoms with E-state index in [0.29, 0.717) is 25.7 Å². The number of hydrogen-bond donors (Lipinski definition) is 3. The molecule has 0 amide bonds. The first-order valence-electron chi connectivity index (χ1n) is 38.9. The smallest absolute Gasteiger partial charge is 0.462 e. The van der Waals surface area contributed by atoms with Crippen molar-refractivity contribution >= 4 is 39.5 Å². The number of esters is 4. The van der Waals surface area contributed by atoms with Gasteiger partial charge in [0.25, 0.3) is 0 Å². The summed E-state index contributed by atoms with van der Waals surface area (Å²) in [5, 5.41) is 10.6. The van der Waals surface area contributed by atoms with Crippen LogP contribution in [0.15, 0.2) is 0 Å². The van der Waals surface area contributed by atoms with E-state index >= 15 is 0 Å². The maximum atomic E-state index is 13.1. The monoisotopic (exact) mass is 1380 g/mol. The van der Waals surface area contributed by atoms with Gasteiger partial charge in [0.1, 0.15) is 19.3 Å². The summed E-state index contributed by atoms with van der Waals surface area (Å²) in [6.07, 6.45) is 51.5. The Morgan fingerprint density at radius 3 is 0.809 bits per heavy atom. The van der Waals surface area contributed by atoms with Gasteiger partial charge in [0.15, 0.2) is 12.2 Å². The Hall–Kier alpha value is -1.94. The van der Waals surface area contributed by atoms with Crippen LogP contribution >= 0.6 is 15.6 Å². The van der Waals surface area contributed by atoms with E-state index in [2.05, 4.69) is 48.5 Å². The highest BCUT2D eigenvalue weighted by atomic mass is 31.2. The van der Waals surface area contributed by atoms with E-state index in [1.54, 1.807) is 0 Å². The third-order valence-electron chi connectivity index (χ3n) is 18.1. The average Bonchev–Trinajstić information content (AvgIpc) is 1.15. The fourth-order valence-corrected chi connectivity index (χ4v) is 12.9. The van der Waals surface area contributed by atoms with E-state index in [-0.39, 0.29) is 25.7 Å². The summed E-state index contributed by atoms with van der Waals surface area (Å²) in [5.74, 6) is 0.225.